The molecule has 1 unspecified atom stereocenters. The van der Waals surface area contributed by atoms with E-state index in [0.717, 1.165) is 32.1 Å². The molecule has 18 heavy (non-hydrogen) atoms. The molecule has 0 spiro atoms. The summed E-state index contributed by atoms with van der Waals surface area (Å²) in [6.07, 6.45) is -0.828. The average Bonchev–Trinajstić information content (AvgIpc) is 2.24. The van der Waals surface area contributed by atoms with Crippen molar-refractivity contribution in [1.82, 2.24) is 0 Å². The van der Waals surface area contributed by atoms with E-state index in [0.29, 0.717) is 6.42 Å². The molecule has 0 aliphatic rings. The van der Waals surface area contributed by atoms with Gasteiger partial charge in [0.2, 0.25) is 0 Å². The maximum absolute atomic E-state index is 12.2. The molecule has 0 aromatic carbocycles. The lowest BCUT2D eigenvalue weighted by Crippen LogP contribution is -2.39. The first-order valence-electron chi connectivity index (χ1n) is 6.30. The number of alkyl halides is 3. The molecule has 6 heteroatoms. The summed E-state index contributed by atoms with van der Waals surface area (Å²) >= 11 is 0. The minimum atomic E-state index is -4.84. The largest absolute Gasteiger partial charge is 0.479 e. The Kier molecular flexibility index (Phi) is 8.79. The van der Waals surface area contributed by atoms with Crippen molar-refractivity contribution in [2.75, 3.05) is 6.61 Å². The number of ether oxygens (including phenoxy) is 1. The predicted octanol–water partition coefficient (Wildman–Crippen LogP) is 3.77. The van der Waals surface area contributed by atoms with Gasteiger partial charge in [0.25, 0.3) is 6.10 Å². The maximum Gasteiger partial charge on any atom is 0.425 e. The monoisotopic (exact) mass is 270 g/mol. The standard InChI is InChI=1S/C12H21F3O3/c1-2-3-4-5-6-7-8-9-18-10(11(16)17)12(13,14)15/h10H,2-9H2,1H3,(H,16,17). The van der Waals surface area contributed by atoms with Crippen LogP contribution in [0.3, 0.4) is 0 Å². The third kappa shape index (κ3) is 8.33. The van der Waals surface area contributed by atoms with Crippen molar-refractivity contribution in [2.24, 2.45) is 0 Å². The SMILES string of the molecule is CCCCCCCCCOC(C(=O)O)C(F)(F)F. The highest BCUT2D eigenvalue weighted by atomic mass is 19.4. The number of carbonyl (C=O) groups is 1. The highest BCUT2D eigenvalue weighted by molar-refractivity contribution is 5.73. The van der Waals surface area contributed by atoms with Crippen molar-refractivity contribution in [3.05, 3.63) is 0 Å². The molecular weight excluding hydrogens is 249 g/mol. The quantitative estimate of drug-likeness (QED) is 0.615. The lowest BCUT2D eigenvalue weighted by atomic mass is 10.1. The zero-order valence-electron chi connectivity index (χ0n) is 10.6. The second-order valence-electron chi connectivity index (χ2n) is 4.25. The number of hydrogen-bond acceptors (Lipinski definition) is 2. The Morgan fingerprint density at radius 1 is 1.11 bits per heavy atom. The second-order valence-corrected chi connectivity index (χ2v) is 4.25. The summed E-state index contributed by atoms with van der Waals surface area (Å²) in [7, 11) is 0. The predicted molar refractivity (Wildman–Crippen MR) is 61.4 cm³/mol. The zero-order chi connectivity index (χ0) is 14.0. The van der Waals surface area contributed by atoms with Crippen molar-refractivity contribution in [3.63, 3.8) is 0 Å². The van der Waals surface area contributed by atoms with Crippen molar-refractivity contribution in [3.8, 4) is 0 Å². The number of unbranched alkanes of at least 4 members (excludes halogenated alkanes) is 6. The van der Waals surface area contributed by atoms with E-state index in [4.69, 9.17) is 5.11 Å². The molecule has 0 radical (unpaired) electrons. The second kappa shape index (κ2) is 9.19. The zero-order valence-corrected chi connectivity index (χ0v) is 10.6. The lowest BCUT2D eigenvalue weighted by molar-refractivity contribution is -0.227. The maximum atomic E-state index is 12.2. The van der Waals surface area contributed by atoms with Crippen molar-refractivity contribution >= 4 is 5.97 Å². The van der Waals surface area contributed by atoms with Gasteiger partial charge in [-0.25, -0.2) is 4.79 Å². The van der Waals surface area contributed by atoms with E-state index >= 15 is 0 Å². The summed E-state index contributed by atoms with van der Waals surface area (Å²) in [5, 5.41) is 8.36. The Hall–Kier alpha value is -0.780. The molecule has 3 nitrogen and oxygen atoms in total. The van der Waals surface area contributed by atoms with Crippen LogP contribution in [0.15, 0.2) is 0 Å². The van der Waals surface area contributed by atoms with E-state index in [9.17, 15) is 18.0 Å². The smallest absolute Gasteiger partial charge is 0.425 e. The van der Waals surface area contributed by atoms with Crippen LogP contribution in [0.4, 0.5) is 13.2 Å². The highest BCUT2D eigenvalue weighted by Gasteiger charge is 2.46. The summed E-state index contributed by atoms with van der Waals surface area (Å²) in [5.74, 6) is -1.98. The highest BCUT2D eigenvalue weighted by Crippen LogP contribution is 2.23. The Morgan fingerprint density at radius 3 is 2.06 bits per heavy atom. The molecule has 0 aromatic rings. The first-order valence-corrected chi connectivity index (χ1v) is 6.30. The summed E-state index contributed by atoms with van der Waals surface area (Å²) in [6, 6.07) is 0. The number of carboxylic acid groups (broad SMARTS) is 1. The number of aliphatic carboxylic acids is 1. The van der Waals surface area contributed by atoms with E-state index in [-0.39, 0.29) is 6.61 Å². The first-order chi connectivity index (χ1) is 8.39. The fourth-order valence-electron chi connectivity index (χ4n) is 1.57. The molecule has 0 amide bonds. The minimum absolute atomic E-state index is 0.162. The summed E-state index contributed by atoms with van der Waals surface area (Å²) in [6.45, 7) is 1.95. The van der Waals surface area contributed by atoms with Crippen LogP contribution in [0.25, 0.3) is 0 Å². The van der Waals surface area contributed by atoms with E-state index in [2.05, 4.69) is 11.7 Å². The van der Waals surface area contributed by atoms with Crippen LogP contribution in [0.2, 0.25) is 0 Å². The Morgan fingerprint density at radius 2 is 1.61 bits per heavy atom. The molecular formula is C12H21F3O3. The third-order valence-corrected chi connectivity index (χ3v) is 2.55. The minimum Gasteiger partial charge on any atom is -0.479 e. The van der Waals surface area contributed by atoms with Gasteiger partial charge < -0.3 is 9.84 Å². The van der Waals surface area contributed by atoms with Crippen molar-refractivity contribution in [2.45, 2.75) is 64.1 Å². The molecule has 0 rings (SSSR count). The average molecular weight is 270 g/mol. The van der Waals surface area contributed by atoms with Gasteiger partial charge in [0.15, 0.2) is 0 Å². The molecule has 0 aliphatic carbocycles. The lowest BCUT2D eigenvalue weighted by Gasteiger charge is -2.16. The van der Waals surface area contributed by atoms with Crippen LogP contribution in [-0.4, -0.2) is 30.0 Å². The number of carboxylic acids is 1. The van der Waals surface area contributed by atoms with E-state index < -0.39 is 18.2 Å². The van der Waals surface area contributed by atoms with Crippen LogP contribution >= 0.6 is 0 Å². The number of rotatable bonds is 10. The molecule has 1 atom stereocenters. The first kappa shape index (κ1) is 17.2. The van der Waals surface area contributed by atoms with Gasteiger partial charge >= 0.3 is 12.1 Å². The fourth-order valence-corrected chi connectivity index (χ4v) is 1.57. The third-order valence-electron chi connectivity index (χ3n) is 2.55. The van der Waals surface area contributed by atoms with E-state index in [1.165, 1.54) is 6.42 Å². The fraction of sp³-hybridized carbons (Fsp3) is 0.917. The number of halogens is 3. The summed E-state index contributed by atoms with van der Waals surface area (Å²) < 4.78 is 40.9. The van der Waals surface area contributed by atoms with Crippen LogP contribution < -0.4 is 0 Å². The van der Waals surface area contributed by atoms with E-state index in [1.54, 1.807) is 0 Å². The topological polar surface area (TPSA) is 46.5 Å². The molecule has 108 valence electrons. The van der Waals surface area contributed by atoms with Crippen LogP contribution in [0.1, 0.15) is 51.9 Å². The van der Waals surface area contributed by atoms with Gasteiger partial charge in [-0.05, 0) is 6.42 Å². The molecule has 0 bridgehead atoms. The summed E-state index contributed by atoms with van der Waals surface area (Å²) in [5.41, 5.74) is 0. The van der Waals surface area contributed by atoms with Gasteiger partial charge in [-0.3, -0.25) is 0 Å². The van der Waals surface area contributed by atoms with Gasteiger partial charge in [-0.15, -0.1) is 0 Å². The molecule has 0 saturated heterocycles. The molecule has 0 fully saturated rings. The number of hydrogen-bond donors (Lipinski definition) is 1. The Bertz CT molecular complexity index is 229. The molecule has 1 N–H and O–H groups in total. The normalized spacial score (nSPS) is 13.6. The van der Waals surface area contributed by atoms with Gasteiger partial charge in [0.1, 0.15) is 0 Å². The van der Waals surface area contributed by atoms with Crippen molar-refractivity contribution in [1.29, 1.82) is 0 Å². The molecule has 0 saturated carbocycles. The van der Waals surface area contributed by atoms with E-state index in [1.807, 2.05) is 0 Å². The summed E-state index contributed by atoms with van der Waals surface area (Å²) in [4.78, 5) is 10.3. The van der Waals surface area contributed by atoms with Crippen molar-refractivity contribution < 1.29 is 27.8 Å². The Labute approximate surface area is 105 Å². The van der Waals surface area contributed by atoms with Gasteiger partial charge in [0.05, 0.1) is 0 Å². The van der Waals surface area contributed by atoms with Gasteiger partial charge in [-0.2, -0.15) is 13.2 Å². The van der Waals surface area contributed by atoms with Gasteiger partial charge in [0, 0.05) is 6.61 Å². The molecule has 0 heterocycles. The Balaban J connectivity index is 3.60. The van der Waals surface area contributed by atoms with Crippen LogP contribution in [-0.2, 0) is 9.53 Å². The molecule has 0 aromatic heterocycles. The van der Waals surface area contributed by atoms with Crippen LogP contribution in [0.5, 0.6) is 0 Å². The van der Waals surface area contributed by atoms with Gasteiger partial charge in [-0.1, -0.05) is 45.4 Å². The molecule has 0 aliphatic heterocycles. The van der Waals surface area contributed by atoms with Crippen LogP contribution in [0, 0.1) is 0 Å².